The molecule has 18 heavy (non-hydrogen) atoms. The molecule has 0 fully saturated rings. The van der Waals surface area contributed by atoms with Crippen molar-refractivity contribution in [1.29, 1.82) is 0 Å². The molecule has 1 atom stereocenters. The Morgan fingerprint density at radius 2 is 2.17 bits per heavy atom. The molecule has 5 heteroatoms. The molecule has 0 spiro atoms. The summed E-state index contributed by atoms with van der Waals surface area (Å²) in [7, 11) is 0. The summed E-state index contributed by atoms with van der Waals surface area (Å²) in [6.45, 7) is 0. The number of hydrogen-bond acceptors (Lipinski definition) is 4. The Morgan fingerprint density at radius 3 is 2.78 bits per heavy atom. The summed E-state index contributed by atoms with van der Waals surface area (Å²) >= 11 is 7.11. The average molecular weight is 345 g/mol. The quantitative estimate of drug-likeness (QED) is 0.589. The second-order valence-corrected chi connectivity index (χ2v) is 7.82. The van der Waals surface area contributed by atoms with Crippen LogP contribution in [-0.2, 0) is 12.8 Å². The molecule has 1 unspecified atom stereocenters. The summed E-state index contributed by atoms with van der Waals surface area (Å²) in [5, 5.41) is 2.14. The van der Waals surface area contributed by atoms with Crippen molar-refractivity contribution in [3.8, 4) is 0 Å². The van der Waals surface area contributed by atoms with E-state index in [1.807, 2.05) is 11.3 Å². The van der Waals surface area contributed by atoms with Crippen LogP contribution in [-0.4, -0.2) is 6.04 Å². The molecule has 0 aliphatic carbocycles. The number of nitrogens with two attached hydrogens (primary N) is 1. The molecule has 0 radical (unpaired) electrons. The number of thiophene rings is 2. The van der Waals surface area contributed by atoms with E-state index in [2.05, 4.69) is 51.0 Å². The third-order valence-corrected chi connectivity index (χ3v) is 5.45. The van der Waals surface area contributed by atoms with E-state index in [1.54, 1.807) is 11.3 Å². The summed E-state index contributed by atoms with van der Waals surface area (Å²) in [4.78, 5) is 2.84. The maximum Gasteiger partial charge on any atom is 0.0701 e. The highest BCUT2D eigenvalue weighted by molar-refractivity contribution is 9.11. The number of halogens is 1. The van der Waals surface area contributed by atoms with Crippen LogP contribution >= 0.6 is 38.6 Å². The average Bonchev–Trinajstić information content (AvgIpc) is 3.00. The molecule has 0 aromatic carbocycles. The van der Waals surface area contributed by atoms with Crippen molar-refractivity contribution in [2.45, 2.75) is 31.7 Å². The zero-order valence-corrected chi connectivity index (χ0v) is 13.3. The number of aryl methyl sites for hydroxylation is 1. The highest BCUT2D eigenvalue weighted by atomic mass is 79.9. The van der Waals surface area contributed by atoms with Crippen molar-refractivity contribution in [2.24, 2.45) is 5.84 Å². The van der Waals surface area contributed by atoms with Crippen molar-refractivity contribution in [3.63, 3.8) is 0 Å². The fourth-order valence-electron chi connectivity index (χ4n) is 1.93. The van der Waals surface area contributed by atoms with Crippen molar-refractivity contribution < 1.29 is 0 Å². The first-order valence-corrected chi connectivity index (χ1v) is 8.49. The molecule has 3 N–H and O–H groups in total. The van der Waals surface area contributed by atoms with Crippen LogP contribution in [0.5, 0.6) is 0 Å². The van der Waals surface area contributed by atoms with Gasteiger partial charge in [0.1, 0.15) is 0 Å². The summed E-state index contributed by atoms with van der Waals surface area (Å²) < 4.78 is 1.19. The lowest BCUT2D eigenvalue weighted by Crippen LogP contribution is -2.36. The maximum atomic E-state index is 5.63. The first-order chi connectivity index (χ1) is 8.78. The van der Waals surface area contributed by atoms with Gasteiger partial charge in [0, 0.05) is 15.8 Å². The minimum absolute atomic E-state index is 0.371. The highest BCUT2D eigenvalue weighted by Crippen LogP contribution is 2.24. The lowest BCUT2D eigenvalue weighted by molar-refractivity contribution is 0.479. The number of hydrogen-bond donors (Lipinski definition) is 2. The number of rotatable bonds is 7. The van der Waals surface area contributed by atoms with Crippen LogP contribution in [0.2, 0.25) is 0 Å². The Morgan fingerprint density at radius 1 is 1.28 bits per heavy atom. The normalized spacial score (nSPS) is 12.8. The van der Waals surface area contributed by atoms with Gasteiger partial charge in [0.25, 0.3) is 0 Å². The van der Waals surface area contributed by atoms with Crippen LogP contribution in [0.25, 0.3) is 0 Å². The first kappa shape index (κ1) is 14.2. The van der Waals surface area contributed by atoms with E-state index in [-0.39, 0.29) is 0 Å². The van der Waals surface area contributed by atoms with Crippen molar-refractivity contribution in [1.82, 2.24) is 5.43 Å². The van der Waals surface area contributed by atoms with Crippen LogP contribution in [0, 0.1) is 0 Å². The van der Waals surface area contributed by atoms with E-state index in [9.17, 15) is 0 Å². The van der Waals surface area contributed by atoms with Gasteiger partial charge < -0.3 is 0 Å². The van der Waals surface area contributed by atoms with Gasteiger partial charge in [-0.2, -0.15) is 0 Å². The highest BCUT2D eigenvalue weighted by Gasteiger charge is 2.09. The van der Waals surface area contributed by atoms with Crippen LogP contribution in [0.15, 0.2) is 33.4 Å². The van der Waals surface area contributed by atoms with Crippen molar-refractivity contribution in [2.75, 3.05) is 0 Å². The topological polar surface area (TPSA) is 38.0 Å². The summed E-state index contributed by atoms with van der Waals surface area (Å²) in [6.07, 6.45) is 4.47. The van der Waals surface area contributed by atoms with Crippen LogP contribution < -0.4 is 11.3 Å². The van der Waals surface area contributed by atoms with Gasteiger partial charge in [0.15, 0.2) is 0 Å². The summed E-state index contributed by atoms with van der Waals surface area (Å²) in [6, 6.07) is 8.95. The van der Waals surface area contributed by atoms with E-state index in [0.29, 0.717) is 6.04 Å². The van der Waals surface area contributed by atoms with Gasteiger partial charge in [0.2, 0.25) is 0 Å². The van der Waals surface area contributed by atoms with E-state index < -0.39 is 0 Å². The molecule has 2 aromatic heterocycles. The largest absolute Gasteiger partial charge is 0.271 e. The summed E-state index contributed by atoms with van der Waals surface area (Å²) in [5.74, 6) is 5.63. The van der Waals surface area contributed by atoms with Gasteiger partial charge in [-0.25, -0.2) is 0 Å². The van der Waals surface area contributed by atoms with Crippen molar-refractivity contribution in [3.05, 3.63) is 43.2 Å². The zero-order valence-electron chi connectivity index (χ0n) is 10.1. The molecular weight excluding hydrogens is 328 g/mol. The summed E-state index contributed by atoms with van der Waals surface area (Å²) in [5.41, 5.74) is 2.93. The molecule has 0 aliphatic rings. The van der Waals surface area contributed by atoms with E-state index in [4.69, 9.17) is 5.84 Å². The molecule has 98 valence electrons. The van der Waals surface area contributed by atoms with Gasteiger partial charge in [-0.3, -0.25) is 11.3 Å². The maximum absolute atomic E-state index is 5.63. The van der Waals surface area contributed by atoms with Gasteiger partial charge in [0.05, 0.1) is 3.79 Å². The standard InChI is InChI=1S/C13H17BrN2S2/c14-13-7-6-12(18-13)9-10(16-15)3-1-4-11-5-2-8-17-11/h2,5-8,10,16H,1,3-4,9,15H2. The van der Waals surface area contributed by atoms with E-state index in [1.165, 1.54) is 20.0 Å². The van der Waals surface area contributed by atoms with Gasteiger partial charge >= 0.3 is 0 Å². The fraction of sp³-hybridized carbons (Fsp3) is 0.385. The molecule has 2 nitrogen and oxygen atoms in total. The zero-order chi connectivity index (χ0) is 12.8. The van der Waals surface area contributed by atoms with E-state index in [0.717, 1.165) is 19.3 Å². The van der Waals surface area contributed by atoms with E-state index >= 15 is 0 Å². The van der Waals surface area contributed by atoms with Crippen LogP contribution in [0.3, 0.4) is 0 Å². The fourth-order valence-corrected chi connectivity index (χ4v) is 4.24. The Hall–Kier alpha value is -0.200. The third kappa shape index (κ3) is 4.48. The molecule has 0 amide bonds. The smallest absolute Gasteiger partial charge is 0.0701 e. The van der Waals surface area contributed by atoms with Crippen molar-refractivity contribution >= 4 is 38.6 Å². The predicted molar refractivity (Wildman–Crippen MR) is 84.1 cm³/mol. The molecule has 0 aliphatic heterocycles. The number of hydrazine groups is 1. The van der Waals surface area contributed by atoms with Gasteiger partial charge in [-0.15, -0.1) is 22.7 Å². The van der Waals surface area contributed by atoms with Crippen LogP contribution in [0.4, 0.5) is 0 Å². The number of nitrogens with one attached hydrogen (secondary N) is 1. The minimum atomic E-state index is 0.371. The Balaban J connectivity index is 1.75. The third-order valence-electron chi connectivity index (χ3n) is 2.87. The molecular formula is C13H17BrN2S2. The molecule has 2 heterocycles. The lowest BCUT2D eigenvalue weighted by Gasteiger charge is -2.14. The monoisotopic (exact) mass is 344 g/mol. The molecule has 0 saturated carbocycles. The minimum Gasteiger partial charge on any atom is -0.271 e. The molecule has 2 aromatic rings. The SMILES string of the molecule is NNC(CCCc1cccs1)Cc1ccc(Br)s1. The first-order valence-electron chi connectivity index (χ1n) is 6.00. The van der Waals surface area contributed by atoms with Gasteiger partial charge in [-0.05, 0) is 65.2 Å². The second-order valence-electron chi connectivity index (χ2n) is 4.25. The molecule has 0 bridgehead atoms. The molecule has 0 saturated heterocycles. The van der Waals surface area contributed by atoms with Gasteiger partial charge in [-0.1, -0.05) is 6.07 Å². The predicted octanol–water partition coefficient (Wildman–Crippen LogP) is 3.97. The van der Waals surface area contributed by atoms with Crippen LogP contribution in [0.1, 0.15) is 22.6 Å². The second kappa shape index (κ2) is 7.40. The Bertz CT molecular complexity index is 453. The molecule has 2 rings (SSSR count). The lowest BCUT2D eigenvalue weighted by atomic mass is 10.1. The Kier molecular flexibility index (Phi) is 5.85. The Labute approximate surface area is 124 Å².